The Bertz CT molecular complexity index is 480. The standard InChI is InChI=1S/C15H20ClN3/c16-12-7-4-8-13(9-12)19-14(10-18-15(19)17)11-5-2-1-3-6-11/h4,7-9,11,14H,1-3,5-6,10H2,(H2,17,18). The van der Waals surface area contributed by atoms with Gasteiger partial charge in [0.15, 0.2) is 5.96 Å². The molecule has 0 aromatic heterocycles. The molecule has 1 aliphatic carbocycles. The van der Waals surface area contributed by atoms with Crippen LogP contribution in [0.15, 0.2) is 29.3 Å². The van der Waals surface area contributed by atoms with Crippen molar-refractivity contribution < 1.29 is 0 Å². The lowest BCUT2D eigenvalue weighted by molar-refractivity contribution is 0.314. The van der Waals surface area contributed by atoms with E-state index in [-0.39, 0.29) is 0 Å². The highest BCUT2D eigenvalue weighted by atomic mass is 35.5. The number of rotatable bonds is 2. The summed E-state index contributed by atoms with van der Waals surface area (Å²) in [5.41, 5.74) is 7.16. The predicted octanol–water partition coefficient (Wildman–Crippen LogP) is 3.42. The minimum absolute atomic E-state index is 0.416. The molecular formula is C15H20ClN3. The second-order valence-corrected chi connectivity index (χ2v) is 5.95. The fourth-order valence-corrected chi connectivity index (χ4v) is 3.53. The van der Waals surface area contributed by atoms with Crippen molar-refractivity contribution in [3.05, 3.63) is 29.3 Å². The maximum Gasteiger partial charge on any atom is 0.196 e. The van der Waals surface area contributed by atoms with E-state index in [9.17, 15) is 0 Å². The van der Waals surface area contributed by atoms with Crippen molar-refractivity contribution in [1.82, 2.24) is 0 Å². The average molecular weight is 278 g/mol. The number of halogens is 1. The monoisotopic (exact) mass is 277 g/mol. The Balaban J connectivity index is 1.85. The van der Waals surface area contributed by atoms with Gasteiger partial charge in [-0.2, -0.15) is 0 Å². The summed E-state index contributed by atoms with van der Waals surface area (Å²) in [5, 5.41) is 0.750. The Morgan fingerprint density at radius 3 is 2.74 bits per heavy atom. The van der Waals surface area contributed by atoms with Crippen LogP contribution in [0.2, 0.25) is 5.02 Å². The SMILES string of the molecule is NC1=NCC(C2CCCCC2)N1c1cccc(Cl)c1. The number of hydrogen-bond donors (Lipinski definition) is 1. The van der Waals surface area contributed by atoms with E-state index < -0.39 is 0 Å². The molecule has 0 radical (unpaired) electrons. The van der Waals surface area contributed by atoms with Gasteiger partial charge in [-0.3, -0.25) is 4.99 Å². The zero-order chi connectivity index (χ0) is 13.2. The summed E-state index contributed by atoms with van der Waals surface area (Å²) in [6, 6.07) is 8.32. The molecule has 0 saturated heterocycles. The van der Waals surface area contributed by atoms with Crippen molar-refractivity contribution >= 4 is 23.2 Å². The van der Waals surface area contributed by atoms with Gasteiger partial charge in [-0.15, -0.1) is 0 Å². The minimum Gasteiger partial charge on any atom is -0.370 e. The van der Waals surface area contributed by atoms with Crippen molar-refractivity contribution in [2.45, 2.75) is 38.1 Å². The van der Waals surface area contributed by atoms with Crippen LogP contribution in [0.4, 0.5) is 5.69 Å². The predicted molar refractivity (Wildman–Crippen MR) is 80.8 cm³/mol. The van der Waals surface area contributed by atoms with Crippen molar-refractivity contribution in [3.8, 4) is 0 Å². The molecule has 1 atom stereocenters. The van der Waals surface area contributed by atoms with E-state index in [0.717, 1.165) is 17.3 Å². The molecule has 1 aromatic carbocycles. The number of nitrogens with zero attached hydrogens (tertiary/aromatic N) is 2. The minimum atomic E-state index is 0.416. The summed E-state index contributed by atoms with van der Waals surface area (Å²) in [6.07, 6.45) is 6.64. The first-order valence-electron chi connectivity index (χ1n) is 7.10. The summed E-state index contributed by atoms with van der Waals surface area (Å²) >= 11 is 6.10. The topological polar surface area (TPSA) is 41.6 Å². The second-order valence-electron chi connectivity index (χ2n) is 5.51. The van der Waals surface area contributed by atoms with Gasteiger partial charge in [-0.1, -0.05) is 36.9 Å². The maximum absolute atomic E-state index is 6.10. The van der Waals surface area contributed by atoms with Crippen LogP contribution in [0, 0.1) is 5.92 Å². The van der Waals surface area contributed by atoms with Crippen molar-refractivity contribution in [2.24, 2.45) is 16.6 Å². The Labute approximate surface area is 119 Å². The summed E-state index contributed by atoms with van der Waals surface area (Å²) in [5.74, 6) is 1.34. The van der Waals surface area contributed by atoms with Gasteiger partial charge in [0, 0.05) is 10.7 Å². The average Bonchev–Trinajstić information content (AvgIpc) is 2.82. The van der Waals surface area contributed by atoms with Crippen LogP contribution in [0.25, 0.3) is 0 Å². The van der Waals surface area contributed by atoms with E-state index in [0.29, 0.717) is 17.9 Å². The highest BCUT2D eigenvalue weighted by molar-refractivity contribution is 6.30. The zero-order valence-electron chi connectivity index (χ0n) is 11.1. The van der Waals surface area contributed by atoms with Gasteiger partial charge in [0.2, 0.25) is 0 Å². The smallest absolute Gasteiger partial charge is 0.196 e. The first-order valence-corrected chi connectivity index (χ1v) is 7.48. The number of guanidine groups is 1. The third-order valence-corrected chi connectivity index (χ3v) is 4.53. The molecule has 1 heterocycles. The number of hydrogen-bond acceptors (Lipinski definition) is 3. The van der Waals surface area contributed by atoms with Crippen molar-refractivity contribution in [3.63, 3.8) is 0 Å². The van der Waals surface area contributed by atoms with Gasteiger partial charge in [-0.25, -0.2) is 0 Å². The van der Waals surface area contributed by atoms with Gasteiger partial charge >= 0.3 is 0 Å². The Hall–Kier alpha value is -1.22. The molecule has 2 N–H and O–H groups in total. The van der Waals surface area contributed by atoms with E-state index >= 15 is 0 Å². The maximum atomic E-state index is 6.10. The largest absolute Gasteiger partial charge is 0.370 e. The summed E-state index contributed by atoms with van der Waals surface area (Å²) in [4.78, 5) is 6.64. The zero-order valence-corrected chi connectivity index (χ0v) is 11.8. The fraction of sp³-hybridized carbons (Fsp3) is 0.533. The molecule has 1 fully saturated rings. The van der Waals surface area contributed by atoms with Gasteiger partial charge in [0.05, 0.1) is 12.6 Å². The summed E-state index contributed by atoms with van der Waals surface area (Å²) < 4.78 is 0. The fourth-order valence-electron chi connectivity index (χ4n) is 3.34. The molecule has 0 bridgehead atoms. The lowest BCUT2D eigenvalue weighted by Crippen LogP contribution is -2.45. The molecule has 1 saturated carbocycles. The molecule has 1 unspecified atom stereocenters. The molecule has 1 aliphatic heterocycles. The quantitative estimate of drug-likeness (QED) is 0.900. The van der Waals surface area contributed by atoms with Crippen molar-refractivity contribution in [1.29, 1.82) is 0 Å². The molecule has 0 spiro atoms. The van der Waals surface area contributed by atoms with Crippen LogP contribution in [0.5, 0.6) is 0 Å². The highest BCUT2D eigenvalue weighted by Crippen LogP contribution is 2.34. The first-order chi connectivity index (χ1) is 9.25. The van der Waals surface area contributed by atoms with Crippen LogP contribution in [-0.2, 0) is 0 Å². The number of anilines is 1. The molecule has 0 amide bonds. The highest BCUT2D eigenvalue weighted by Gasteiger charge is 2.34. The third-order valence-electron chi connectivity index (χ3n) is 4.30. The number of aliphatic imine (C=N–C) groups is 1. The summed E-state index contributed by atoms with van der Waals surface area (Å²) in [7, 11) is 0. The van der Waals surface area contributed by atoms with E-state index in [1.54, 1.807) is 0 Å². The van der Waals surface area contributed by atoms with Crippen LogP contribution in [-0.4, -0.2) is 18.5 Å². The van der Waals surface area contributed by atoms with Gasteiger partial charge in [0.1, 0.15) is 0 Å². The van der Waals surface area contributed by atoms with Crippen LogP contribution in [0.3, 0.4) is 0 Å². The van der Waals surface area contributed by atoms with Gasteiger partial charge < -0.3 is 10.6 Å². The molecule has 102 valence electrons. The molecule has 1 aromatic rings. The second kappa shape index (κ2) is 5.41. The van der Waals surface area contributed by atoms with E-state index in [1.807, 2.05) is 18.2 Å². The molecule has 2 aliphatic rings. The number of benzene rings is 1. The molecular weight excluding hydrogens is 258 g/mol. The Morgan fingerprint density at radius 1 is 1.21 bits per heavy atom. The Kier molecular flexibility index (Phi) is 3.65. The normalized spacial score (nSPS) is 24.6. The van der Waals surface area contributed by atoms with Gasteiger partial charge in [0.25, 0.3) is 0 Å². The van der Waals surface area contributed by atoms with E-state index in [4.69, 9.17) is 17.3 Å². The van der Waals surface area contributed by atoms with Gasteiger partial charge in [-0.05, 0) is 37.0 Å². The van der Waals surface area contributed by atoms with Crippen LogP contribution in [0.1, 0.15) is 32.1 Å². The molecule has 3 nitrogen and oxygen atoms in total. The van der Waals surface area contributed by atoms with Crippen molar-refractivity contribution in [2.75, 3.05) is 11.4 Å². The molecule has 19 heavy (non-hydrogen) atoms. The summed E-state index contributed by atoms with van der Waals surface area (Å²) in [6.45, 7) is 0.822. The van der Waals surface area contributed by atoms with Crippen LogP contribution >= 0.6 is 11.6 Å². The lowest BCUT2D eigenvalue weighted by Gasteiger charge is -2.34. The Morgan fingerprint density at radius 2 is 2.00 bits per heavy atom. The number of nitrogens with two attached hydrogens (primary N) is 1. The van der Waals surface area contributed by atoms with E-state index in [1.165, 1.54) is 32.1 Å². The van der Waals surface area contributed by atoms with Crippen LogP contribution < -0.4 is 10.6 Å². The lowest BCUT2D eigenvalue weighted by atomic mass is 9.83. The first kappa shape index (κ1) is 12.8. The molecule has 4 heteroatoms. The molecule has 3 rings (SSSR count). The van der Waals surface area contributed by atoms with E-state index in [2.05, 4.69) is 16.0 Å². The third kappa shape index (κ3) is 2.57.